The number of aliphatic hydroxyl groups is 4. The maximum atomic E-state index is 15.0. The number of anilines is 6. The zero-order valence-corrected chi connectivity index (χ0v) is 60.8. The summed E-state index contributed by atoms with van der Waals surface area (Å²) >= 11 is 8.85. The Hall–Kier alpha value is -9.27. The van der Waals surface area contributed by atoms with Gasteiger partial charge in [-0.2, -0.15) is 0 Å². The lowest BCUT2D eigenvalue weighted by atomic mass is 9.90. The van der Waals surface area contributed by atoms with Crippen molar-refractivity contribution in [2.75, 3.05) is 95.8 Å². The molecule has 8 aliphatic rings. The third-order valence-electron chi connectivity index (χ3n) is 19.7. The number of fused-ring (bicyclic) bond motifs is 2. The molecule has 16 rings (SSSR count). The van der Waals surface area contributed by atoms with Crippen LogP contribution in [0.15, 0.2) is 114 Å². The maximum Gasteiger partial charge on any atom is 0.363 e. The first-order chi connectivity index (χ1) is 51.2. The van der Waals surface area contributed by atoms with Crippen LogP contribution in [0.3, 0.4) is 0 Å². The predicted molar refractivity (Wildman–Crippen MR) is 397 cm³/mol. The van der Waals surface area contributed by atoms with E-state index in [0.717, 1.165) is 156 Å². The molecule has 6 N–H and O–H groups in total. The van der Waals surface area contributed by atoms with Gasteiger partial charge < -0.3 is 80.4 Å². The summed E-state index contributed by atoms with van der Waals surface area (Å²) in [5.41, 5.74) is 11.3. The third-order valence-corrected chi connectivity index (χ3v) is 20.4. The van der Waals surface area contributed by atoms with Gasteiger partial charge in [0.2, 0.25) is 5.28 Å². The van der Waals surface area contributed by atoms with Gasteiger partial charge in [-0.3, -0.25) is 4.98 Å². The van der Waals surface area contributed by atoms with E-state index in [1.807, 2.05) is 24.4 Å². The van der Waals surface area contributed by atoms with E-state index in [9.17, 15) is 48.7 Å². The standard InChI is InChI=1S/C27H29F2N5O2.C16H14ClF2N3O.C10H13N3O3.C10H15N3O.C6H12O.C5H3BrN2O2/c28-22-12-17(13-24-27(22)36-11-10-34(24)19-2-1-3-19)26-23(29)16-31-25(32-26)14-18-4-5-20(15-30-18)33-8-6-21(35)7-9-33;17-16-20-8-12(19)14(21-16)9-6-11(18)15-13(7-9)22(4-5-23-15)10-2-1-3-10;14-9-3-5-12(6-4-9)8-1-2-10(11-7-8)13(15)16;11-10-2-1-8(7-12-10)13-5-3-9(14)4-6-13;7-6-4-2-1-3-5-6;6-4-1-2-5(7-3-4)8(9)10/h4-5,12-13,15-16,19,21,35H,1-3,6-11,14H2;6-8,10H,1-5H2;1-2,7,9,14H,3-6H2;1-2,7,9,14H,3-6H2,(H2,11,12);6-7H,1-5H2;1-3H. The van der Waals surface area contributed by atoms with Crippen LogP contribution in [0.5, 0.6) is 11.5 Å². The number of halogens is 6. The number of nitro groups is 2. The van der Waals surface area contributed by atoms with Crippen molar-refractivity contribution in [2.45, 2.75) is 152 Å². The molecule has 11 heterocycles. The molecule has 564 valence electrons. The minimum absolute atomic E-state index is 0.00849. The topological polar surface area (TPSA) is 331 Å². The Bertz CT molecular complexity index is 4200. The summed E-state index contributed by atoms with van der Waals surface area (Å²) in [5.74, 6) is -1.11. The Morgan fingerprint density at radius 3 is 1.31 bits per heavy atom. The fourth-order valence-corrected chi connectivity index (χ4v) is 13.7. The number of hydrogen-bond donors (Lipinski definition) is 5. The van der Waals surface area contributed by atoms with E-state index in [0.29, 0.717) is 79.0 Å². The van der Waals surface area contributed by atoms with E-state index < -0.39 is 33.1 Å². The molecule has 3 saturated carbocycles. The molecule has 8 aromatic rings. The van der Waals surface area contributed by atoms with Crippen molar-refractivity contribution < 1.29 is 57.3 Å². The highest BCUT2D eigenvalue weighted by atomic mass is 79.9. The van der Waals surface area contributed by atoms with E-state index in [1.165, 1.54) is 68.8 Å². The number of nitrogens with zero attached hydrogens (tertiary/aromatic N) is 15. The van der Waals surface area contributed by atoms with Crippen LogP contribution in [-0.2, 0) is 6.42 Å². The monoisotopic (exact) mass is 1550 g/mol. The first-order valence-electron chi connectivity index (χ1n) is 35.9. The number of rotatable bonds is 11. The van der Waals surface area contributed by atoms with Crippen LogP contribution in [0.1, 0.15) is 121 Å². The number of benzene rings is 2. The second-order valence-electron chi connectivity index (χ2n) is 27.0. The van der Waals surface area contributed by atoms with Crippen LogP contribution < -0.4 is 39.7 Å². The van der Waals surface area contributed by atoms with Gasteiger partial charge in [-0.15, -0.1) is 0 Å². The molecule has 6 fully saturated rings. The molecule has 32 heteroatoms. The average Bonchev–Trinajstić information content (AvgIpc) is 0.772. The third kappa shape index (κ3) is 21.1. The minimum Gasteiger partial charge on any atom is -0.486 e. The summed E-state index contributed by atoms with van der Waals surface area (Å²) in [5, 5.41) is 57.7. The fourth-order valence-electron chi connectivity index (χ4n) is 13.3. The summed E-state index contributed by atoms with van der Waals surface area (Å²) < 4.78 is 70.2. The van der Waals surface area contributed by atoms with Crippen molar-refractivity contribution in [1.29, 1.82) is 0 Å². The second kappa shape index (κ2) is 37.3. The second-order valence-corrected chi connectivity index (χ2v) is 28.2. The molecule has 3 saturated heterocycles. The van der Waals surface area contributed by atoms with Crippen molar-refractivity contribution in [3.63, 3.8) is 0 Å². The largest absolute Gasteiger partial charge is 0.486 e. The molecular formula is C74H86BrClF4N16O10. The van der Waals surface area contributed by atoms with Crippen LogP contribution in [-0.4, -0.2) is 172 Å². The van der Waals surface area contributed by atoms with Crippen LogP contribution in [0.4, 0.5) is 63.5 Å². The number of aromatic nitrogens is 8. The molecule has 106 heavy (non-hydrogen) atoms. The first kappa shape index (κ1) is 77.8. The smallest absolute Gasteiger partial charge is 0.363 e. The van der Waals surface area contributed by atoms with Gasteiger partial charge in [-0.1, -0.05) is 19.3 Å². The normalized spacial score (nSPS) is 17.7. The highest BCUT2D eigenvalue weighted by Gasteiger charge is 2.34. The van der Waals surface area contributed by atoms with Crippen LogP contribution in [0.2, 0.25) is 5.28 Å². The average molecular weight is 1550 g/mol. The molecule has 0 bridgehead atoms. The lowest BCUT2D eigenvalue weighted by Gasteiger charge is -2.42. The number of pyridine rings is 4. The Kier molecular flexibility index (Phi) is 27.4. The van der Waals surface area contributed by atoms with Crippen molar-refractivity contribution >= 4 is 73.4 Å². The molecular weight excluding hydrogens is 1460 g/mol. The SMILES string of the molecule is Fc1cnc(Cl)nc1-c1cc(F)c2c(c1)N(C1CCC1)CCO2.Nc1ccc(N2CCC(O)CC2)cn1.O=[N+]([O-])c1ccc(Br)cn1.O=[N+]([O-])c1ccc(N2CCC(O)CC2)cn1.OC1CCCCC1.OC1CCN(c2ccc(Cc3ncc(F)c(-c4cc(F)c5c(c4)N(C4CCC4)CCO5)n3)nc2)CC1. The summed E-state index contributed by atoms with van der Waals surface area (Å²) in [4.78, 5) is 62.3. The number of aliphatic hydroxyl groups excluding tert-OH is 4. The highest BCUT2D eigenvalue weighted by molar-refractivity contribution is 9.10. The number of piperidine rings is 3. The molecule has 6 aromatic heterocycles. The van der Waals surface area contributed by atoms with Crippen LogP contribution in [0, 0.1) is 43.5 Å². The Morgan fingerprint density at radius 1 is 0.481 bits per heavy atom. The number of nitrogen functional groups attached to an aromatic ring is 1. The molecule has 0 amide bonds. The lowest BCUT2D eigenvalue weighted by Crippen LogP contribution is -2.44. The summed E-state index contributed by atoms with van der Waals surface area (Å²) in [6, 6.07) is 20.5. The fraction of sp³-hybridized carbons (Fsp3) is 0.459. The number of nitrogens with two attached hydrogens (primary N) is 1. The van der Waals surface area contributed by atoms with Crippen molar-refractivity contribution in [3.8, 4) is 34.0 Å². The summed E-state index contributed by atoms with van der Waals surface area (Å²) in [7, 11) is 0. The van der Waals surface area contributed by atoms with E-state index in [-0.39, 0.29) is 64.2 Å². The van der Waals surface area contributed by atoms with Crippen molar-refractivity contribution in [1.82, 2.24) is 39.9 Å². The maximum absolute atomic E-state index is 15.0. The van der Waals surface area contributed by atoms with Crippen LogP contribution >= 0.6 is 27.5 Å². The quantitative estimate of drug-likeness (QED) is 0.0347. The van der Waals surface area contributed by atoms with Gasteiger partial charge in [-0.25, -0.2) is 42.5 Å². The van der Waals surface area contributed by atoms with Gasteiger partial charge in [0.1, 0.15) is 36.2 Å². The zero-order valence-electron chi connectivity index (χ0n) is 58.4. The van der Waals surface area contributed by atoms with Crippen molar-refractivity contribution in [2.24, 2.45) is 0 Å². The van der Waals surface area contributed by atoms with Crippen molar-refractivity contribution in [3.05, 3.63) is 175 Å². The molecule has 26 nitrogen and oxygen atoms in total. The summed E-state index contributed by atoms with van der Waals surface area (Å²) in [6.45, 7) is 7.21. The van der Waals surface area contributed by atoms with Gasteiger partial charge in [0.05, 0.1) is 102 Å². The predicted octanol–water partition coefficient (Wildman–Crippen LogP) is 12.6. The lowest BCUT2D eigenvalue weighted by molar-refractivity contribution is -0.389. The van der Waals surface area contributed by atoms with Gasteiger partial charge in [0.15, 0.2) is 47.2 Å². The van der Waals surface area contributed by atoms with Gasteiger partial charge >= 0.3 is 11.6 Å². The molecule has 0 radical (unpaired) electrons. The first-order valence-corrected chi connectivity index (χ1v) is 37.0. The minimum atomic E-state index is -0.638. The van der Waals surface area contributed by atoms with Gasteiger partial charge in [-0.05, 0) is 198 Å². The Balaban J connectivity index is 0.000000138. The molecule has 3 aliphatic carbocycles. The van der Waals surface area contributed by atoms with Gasteiger partial charge in [0, 0.05) is 80.3 Å². The molecule has 0 unspecified atom stereocenters. The molecule has 5 aliphatic heterocycles. The number of ether oxygens (including phenoxy) is 2. The zero-order chi connectivity index (χ0) is 74.8. The summed E-state index contributed by atoms with van der Waals surface area (Å²) in [6.07, 6.45) is 25.6. The van der Waals surface area contributed by atoms with Gasteiger partial charge in [0.25, 0.3) is 0 Å². The molecule has 2 aromatic carbocycles. The van der Waals surface area contributed by atoms with E-state index >= 15 is 4.39 Å². The van der Waals surface area contributed by atoms with Crippen LogP contribution in [0.25, 0.3) is 22.5 Å². The Morgan fingerprint density at radius 2 is 0.915 bits per heavy atom. The van der Waals surface area contributed by atoms with E-state index in [2.05, 4.69) is 80.3 Å². The highest BCUT2D eigenvalue weighted by Crippen LogP contribution is 2.44. The molecule has 0 spiro atoms. The van der Waals surface area contributed by atoms with E-state index in [1.54, 1.807) is 36.5 Å². The van der Waals surface area contributed by atoms with E-state index in [4.69, 9.17) is 31.9 Å². The number of hydrogen-bond acceptors (Lipinski definition) is 24. The Labute approximate surface area is 624 Å². The molecule has 0 atom stereocenters.